The lowest BCUT2D eigenvalue weighted by Crippen LogP contribution is -2.14. The Morgan fingerprint density at radius 1 is 0.750 bits per heavy atom. The third kappa shape index (κ3) is 5.57. The van der Waals surface area contributed by atoms with Gasteiger partial charge in [0.1, 0.15) is 0 Å². The molecule has 6 heteroatoms. The molecule has 104 valence electrons. The molecule has 0 atom stereocenters. The SMILES string of the molecule is O=[P+](ONCc1ccccc1)ONCc1ccccc1. The number of nitrogens with one attached hydrogen (secondary N) is 2. The van der Waals surface area contributed by atoms with Crippen LogP contribution in [0.15, 0.2) is 60.7 Å². The molecule has 2 N–H and O–H groups in total. The molecule has 2 aromatic carbocycles. The Kier molecular flexibility index (Phi) is 6.31. The van der Waals surface area contributed by atoms with E-state index < -0.39 is 8.25 Å². The van der Waals surface area contributed by atoms with Crippen molar-refractivity contribution < 1.29 is 13.8 Å². The molecule has 2 rings (SSSR count). The van der Waals surface area contributed by atoms with Gasteiger partial charge >= 0.3 is 8.25 Å². The Labute approximate surface area is 118 Å². The monoisotopic (exact) mass is 291 g/mol. The van der Waals surface area contributed by atoms with Crippen molar-refractivity contribution in [2.75, 3.05) is 0 Å². The molecule has 0 radical (unpaired) electrons. The van der Waals surface area contributed by atoms with Gasteiger partial charge in [0.05, 0.1) is 13.1 Å². The maximum Gasteiger partial charge on any atom is 0.735 e. The van der Waals surface area contributed by atoms with E-state index in [9.17, 15) is 4.57 Å². The highest BCUT2D eigenvalue weighted by molar-refractivity contribution is 7.33. The van der Waals surface area contributed by atoms with Crippen molar-refractivity contribution in [2.24, 2.45) is 0 Å². The van der Waals surface area contributed by atoms with E-state index in [-0.39, 0.29) is 0 Å². The first-order valence-electron chi connectivity index (χ1n) is 6.19. The molecule has 0 spiro atoms. The van der Waals surface area contributed by atoms with Gasteiger partial charge in [-0.25, -0.2) is 0 Å². The second-order valence-electron chi connectivity index (χ2n) is 4.02. The molecule has 0 aliphatic rings. The Balaban J connectivity index is 1.59. The van der Waals surface area contributed by atoms with E-state index in [0.717, 1.165) is 11.1 Å². The highest BCUT2D eigenvalue weighted by Gasteiger charge is 2.20. The fraction of sp³-hybridized carbons (Fsp3) is 0.143. The van der Waals surface area contributed by atoms with Crippen molar-refractivity contribution in [3.05, 3.63) is 71.8 Å². The lowest BCUT2D eigenvalue weighted by atomic mass is 10.2. The topological polar surface area (TPSA) is 59.6 Å². The first-order valence-corrected chi connectivity index (χ1v) is 7.29. The Hall–Kier alpha value is -1.62. The van der Waals surface area contributed by atoms with Crippen LogP contribution < -0.4 is 11.0 Å². The van der Waals surface area contributed by atoms with Crippen LogP contribution in [0.4, 0.5) is 0 Å². The molecule has 0 fully saturated rings. The smallest absolute Gasteiger partial charge is 0.144 e. The normalized spacial score (nSPS) is 10.4. The van der Waals surface area contributed by atoms with Gasteiger partial charge in [0.2, 0.25) is 0 Å². The lowest BCUT2D eigenvalue weighted by Gasteiger charge is -1.98. The summed E-state index contributed by atoms with van der Waals surface area (Å²) in [7, 11) is -2.25. The van der Waals surface area contributed by atoms with Crippen LogP contribution >= 0.6 is 8.25 Å². The molecule has 0 saturated heterocycles. The summed E-state index contributed by atoms with van der Waals surface area (Å²) in [5.74, 6) is 0. The van der Waals surface area contributed by atoms with Crippen LogP contribution in [0.3, 0.4) is 0 Å². The van der Waals surface area contributed by atoms with E-state index in [1.165, 1.54) is 0 Å². The van der Waals surface area contributed by atoms with Crippen molar-refractivity contribution >= 4 is 8.25 Å². The van der Waals surface area contributed by atoms with Crippen LogP contribution in [0.1, 0.15) is 11.1 Å². The van der Waals surface area contributed by atoms with Crippen LogP contribution in [0, 0.1) is 0 Å². The first kappa shape index (κ1) is 14.8. The summed E-state index contributed by atoms with van der Waals surface area (Å²) in [6.07, 6.45) is 0. The average Bonchev–Trinajstić information content (AvgIpc) is 2.49. The Morgan fingerprint density at radius 3 is 1.55 bits per heavy atom. The summed E-state index contributed by atoms with van der Waals surface area (Å²) in [6, 6.07) is 19.3. The number of hydrogen-bond acceptors (Lipinski definition) is 5. The molecular weight excluding hydrogens is 275 g/mol. The van der Waals surface area contributed by atoms with E-state index >= 15 is 0 Å². The summed E-state index contributed by atoms with van der Waals surface area (Å²) in [6.45, 7) is 0.925. The van der Waals surface area contributed by atoms with Crippen molar-refractivity contribution in [1.29, 1.82) is 0 Å². The van der Waals surface area contributed by atoms with Crippen molar-refractivity contribution in [3.8, 4) is 0 Å². The molecule has 0 bridgehead atoms. The van der Waals surface area contributed by atoms with Crippen LogP contribution in [0.25, 0.3) is 0 Å². The van der Waals surface area contributed by atoms with Gasteiger partial charge in [0.15, 0.2) is 0 Å². The van der Waals surface area contributed by atoms with Gasteiger partial charge < -0.3 is 0 Å². The molecule has 20 heavy (non-hydrogen) atoms. The lowest BCUT2D eigenvalue weighted by molar-refractivity contribution is 0.113. The van der Waals surface area contributed by atoms with Gasteiger partial charge in [0.25, 0.3) is 0 Å². The van der Waals surface area contributed by atoms with Gasteiger partial charge in [-0.3, -0.25) is 0 Å². The summed E-state index contributed by atoms with van der Waals surface area (Å²) in [5.41, 5.74) is 7.27. The van der Waals surface area contributed by atoms with E-state index in [4.69, 9.17) is 9.25 Å². The number of rotatable bonds is 8. The van der Waals surface area contributed by atoms with Gasteiger partial charge in [-0.15, -0.1) is 11.0 Å². The molecular formula is C14H16N2O3P+. The zero-order chi connectivity index (χ0) is 14.0. The summed E-state index contributed by atoms with van der Waals surface area (Å²) >= 11 is 0. The predicted octanol–water partition coefficient (Wildman–Crippen LogP) is 3.09. The standard InChI is InChI=1S/C14H16N2O3P/c17-20(18-15-11-13-7-3-1-4-8-13)19-16-12-14-9-5-2-6-10-14/h1-10,15-16H,11-12H2/q+1. The van der Waals surface area contributed by atoms with E-state index in [1.54, 1.807) is 0 Å². The zero-order valence-corrected chi connectivity index (χ0v) is 11.8. The van der Waals surface area contributed by atoms with Crippen molar-refractivity contribution in [3.63, 3.8) is 0 Å². The number of hydroxylamine groups is 2. The van der Waals surface area contributed by atoms with E-state index in [0.29, 0.717) is 13.1 Å². The highest BCUT2D eigenvalue weighted by atomic mass is 31.1. The maximum atomic E-state index is 11.4. The quantitative estimate of drug-likeness (QED) is 0.578. The average molecular weight is 291 g/mol. The first-order chi connectivity index (χ1) is 9.84. The van der Waals surface area contributed by atoms with Crippen LogP contribution in [-0.2, 0) is 26.9 Å². The van der Waals surface area contributed by atoms with Crippen molar-refractivity contribution in [2.45, 2.75) is 13.1 Å². The minimum atomic E-state index is -2.25. The second-order valence-corrected chi connectivity index (χ2v) is 4.83. The fourth-order valence-electron chi connectivity index (χ4n) is 1.55. The molecule has 2 aromatic rings. The number of hydrogen-bond donors (Lipinski definition) is 2. The Morgan fingerprint density at radius 2 is 1.15 bits per heavy atom. The predicted molar refractivity (Wildman–Crippen MR) is 76.3 cm³/mol. The summed E-state index contributed by atoms with van der Waals surface area (Å²) < 4.78 is 21.1. The highest BCUT2D eigenvalue weighted by Crippen LogP contribution is 2.20. The van der Waals surface area contributed by atoms with Crippen LogP contribution in [-0.4, -0.2) is 0 Å². The molecule has 0 aromatic heterocycles. The van der Waals surface area contributed by atoms with E-state index in [1.807, 2.05) is 60.7 Å². The fourth-order valence-corrected chi connectivity index (χ4v) is 1.92. The maximum absolute atomic E-state index is 11.4. The molecule has 5 nitrogen and oxygen atoms in total. The van der Waals surface area contributed by atoms with Gasteiger partial charge in [0, 0.05) is 4.57 Å². The minimum absolute atomic E-state index is 0.462. The van der Waals surface area contributed by atoms with Gasteiger partial charge in [-0.05, 0) is 20.4 Å². The number of benzene rings is 2. The van der Waals surface area contributed by atoms with Gasteiger partial charge in [-0.2, -0.15) is 0 Å². The summed E-state index contributed by atoms with van der Waals surface area (Å²) in [5, 5.41) is 0. The molecule has 0 heterocycles. The van der Waals surface area contributed by atoms with Gasteiger partial charge in [-0.1, -0.05) is 60.7 Å². The third-order valence-corrected chi connectivity index (χ3v) is 3.07. The zero-order valence-electron chi connectivity index (χ0n) is 10.9. The molecule has 0 saturated carbocycles. The molecule has 0 amide bonds. The van der Waals surface area contributed by atoms with Crippen molar-refractivity contribution in [1.82, 2.24) is 11.0 Å². The van der Waals surface area contributed by atoms with Crippen LogP contribution in [0.5, 0.6) is 0 Å². The van der Waals surface area contributed by atoms with E-state index in [2.05, 4.69) is 11.0 Å². The minimum Gasteiger partial charge on any atom is -0.144 e. The van der Waals surface area contributed by atoms with Crippen LogP contribution in [0.2, 0.25) is 0 Å². The second kappa shape index (κ2) is 8.53. The molecule has 0 aliphatic heterocycles. The Bertz CT molecular complexity index is 475. The molecule has 0 unspecified atom stereocenters. The molecule has 0 aliphatic carbocycles. The summed E-state index contributed by atoms with van der Waals surface area (Å²) in [4.78, 5) is 0. The third-order valence-electron chi connectivity index (χ3n) is 2.52. The largest absolute Gasteiger partial charge is 0.735 e.